The van der Waals surface area contributed by atoms with Gasteiger partial charge in [-0.1, -0.05) is 18.2 Å². The van der Waals surface area contributed by atoms with E-state index in [0.717, 1.165) is 15.4 Å². The predicted molar refractivity (Wildman–Crippen MR) is 126 cm³/mol. The molecule has 2 heterocycles. The fourth-order valence-corrected chi connectivity index (χ4v) is 5.62. The Balaban J connectivity index is 1.53. The third-order valence-electron chi connectivity index (χ3n) is 5.97. The van der Waals surface area contributed by atoms with Gasteiger partial charge in [0.05, 0.1) is 22.0 Å². The minimum atomic E-state index is -4.09. The number of esters is 1. The highest BCUT2D eigenvalue weighted by molar-refractivity contribution is 7.89. The number of aromatic nitrogens is 2. The zero-order valence-corrected chi connectivity index (χ0v) is 19.9. The molecule has 1 fully saturated rings. The van der Waals surface area contributed by atoms with Crippen molar-refractivity contribution in [3.63, 3.8) is 0 Å². The molecule has 0 spiro atoms. The van der Waals surface area contributed by atoms with Crippen LogP contribution in [0.25, 0.3) is 16.6 Å². The smallest absolute Gasteiger partial charge is 0.325 e. The number of hydrogen-bond donors (Lipinski definition) is 3. The van der Waals surface area contributed by atoms with Gasteiger partial charge in [-0.05, 0) is 49.2 Å². The van der Waals surface area contributed by atoms with E-state index in [4.69, 9.17) is 4.74 Å². The number of aryl methyl sites for hydroxylation is 2. The van der Waals surface area contributed by atoms with Gasteiger partial charge in [0.2, 0.25) is 10.0 Å². The topological polar surface area (TPSA) is 157 Å². The van der Waals surface area contributed by atoms with Crippen LogP contribution < -0.4 is 0 Å². The average Bonchev–Trinajstić information content (AvgIpc) is 3.43. The first-order valence-electron chi connectivity index (χ1n) is 10.8. The number of allylic oxidation sites excluding steroid dienone is 1. The number of benzene rings is 2. The molecule has 1 aromatic heterocycles. The Labute approximate surface area is 202 Å². The molecule has 35 heavy (non-hydrogen) atoms. The zero-order valence-electron chi connectivity index (χ0n) is 19.1. The summed E-state index contributed by atoms with van der Waals surface area (Å²) >= 11 is 0. The summed E-state index contributed by atoms with van der Waals surface area (Å²) in [7, 11) is -4.09. The van der Waals surface area contributed by atoms with Gasteiger partial charge in [-0.3, -0.25) is 4.79 Å². The molecular formula is C24H24N4O6S. The Kier molecular flexibility index (Phi) is 6.62. The molecule has 1 aliphatic heterocycles. The summed E-state index contributed by atoms with van der Waals surface area (Å²) in [5.41, 5.74) is 2.73. The zero-order chi connectivity index (χ0) is 25.3. The van der Waals surface area contributed by atoms with E-state index in [1.807, 2.05) is 13.0 Å². The largest absolute Gasteiger partial charge is 0.507 e. The summed E-state index contributed by atoms with van der Waals surface area (Å²) in [5, 5.41) is 30.1. The van der Waals surface area contributed by atoms with E-state index in [1.54, 1.807) is 37.3 Å². The highest BCUT2D eigenvalue weighted by Gasteiger charge is 2.44. The number of nitrogens with zero attached hydrogens (tertiary/aromatic N) is 3. The quantitative estimate of drug-likeness (QED) is 0.267. The summed E-state index contributed by atoms with van der Waals surface area (Å²) in [5.74, 6) is -1.37. The second-order valence-corrected chi connectivity index (χ2v) is 10.3. The number of carbonyl (C=O) groups is 1. The van der Waals surface area contributed by atoms with Gasteiger partial charge in [0.25, 0.3) is 0 Å². The molecule has 2 aromatic carbocycles. The summed E-state index contributed by atoms with van der Waals surface area (Å²) in [6.07, 6.45) is -1.20. The molecule has 3 aromatic rings. The fourth-order valence-electron chi connectivity index (χ4n) is 3.91. The SMILES string of the molecule is Cc1ccc(S(=O)(=O)N2C[C@@H](O)C[C@H]2C(=O)OCC(O)=C(C#N)c2nc3ccccc3[nH]2)cc1C. The fraction of sp³-hybridized carbons (Fsp3) is 0.292. The van der Waals surface area contributed by atoms with Crippen LogP contribution in [0.4, 0.5) is 0 Å². The minimum Gasteiger partial charge on any atom is -0.507 e. The van der Waals surface area contributed by atoms with E-state index in [0.29, 0.717) is 11.0 Å². The molecule has 0 aliphatic carbocycles. The summed E-state index contributed by atoms with van der Waals surface area (Å²) in [4.78, 5) is 20.0. The minimum absolute atomic E-state index is 0.00638. The lowest BCUT2D eigenvalue weighted by atomic mass is 10.1. The predicted octanol–water partition coefficient (Wildman–Crippen LogP) is 2.34. The number of imidazole rings is 1. The van der Waals surface area contributed by atoms with Crippen LogP contribution in [-0.4, -0.2) is 64.2 Å². The maximum absolute atomic E-state index is 13.2. The van der Waals surface area contributed by atoms with E-state index in [1.165, 1.54) is 12.1 Å². The number of carbonyl (C=O) groups excluding carboxylic acids is 1. The Hall–Kier alpha value is -3.72. The summed E-state index contributed by atoms with van der Waals surface area (Å²) in [6.45, 7) is 2.71. The van der Waals surface area contributed by atoms with E-state index >= 15 is 0 Å². The monoisotopic (exact) mass is 496 g/mol. The number of aliphatic hydroxyl groups is 2. The van der Waals surface area contributed by atoms with Crippen LogP contribution >= 0.6 is 0 Å². The molecule has 1 saturated heterocycles. The summed E-state index contributed by atoms with van der Waals surface area (Å²) in [6, 6.07) is 12.3. The number of nitriles is 1. The van der Waals surface area contributed by atoms with Crippen LogP contribution in [-0.2, 0) is 19.6 Å². The number of aromatic amines is 1. The maximum atomic E-state index is 13.2. The lowest BCUT2D eigenvalue weighted by Crippen LogP contribution is -2.41. The lowest BCUT2D eigenvalue weighted by molar-refractivity contribution is -0.147. The van der Waals surface area contributed by atoms with Crippen molar-refractivity contribution in [2.24, 2.45) is 0 Å². The Morgan fingerprint density at radius 2 is 2.00 bits per heavy atom. The molecule has 0 unspecified atom stereocenters. The van der Waals surface area contributed by atoms with Gasteiger partial charge in [-0.15, -0.1) is 0 Å². The van der Waals surface area contributed by atoms with Crippen molar-refractivity contribution in [2.45, 2.75) is 37.3 Å². The van der Waals surface area contributed by atoms with Gasteiger partial charge in [-0.25, -0.2) is 13.4 Å². The molecule has 182 valence electrons. The molecule has 4 rings (SSSR count). The van der Waals surface area contributed by atoms with Gasteiger partial charge >= 0.3 is 5.97 Å². The van der Waals surface area contributed by atoms with Crippen LogP contribution in [0.5, 0.6) is 0 Å². The van der Waals surface area contributed by atoms with Crippen molar-refractivity contribution in [1.82, 2.24) is 14.3 Å². The molecule has 1 aliphatic rings. The number of β-amino-alcohol motifs (C(OH)–C–C–N with tert-alkyl or cyclic N) is 1. The van der Waals surface area contributed by atoms with Crippen molar-refractivity contribution in [1.29, 1.82) is 5.26 Å². The molecule has 0 saturated carbocycles. The van der Waals surface area contributed by atoms with Gasteiger partial charge in [0, 0.05) is 13.0 Å². The number of sulfonamides is 1. The van der Waals surface area contributed by atoms with E-state index in [-0.39, 0.29) is 29.3 Å². The Bertz CT molecular complexity index is 1440. The van der Waals surface area contributed by atoms with Crippen molar-refractivity contribution in [3.05, 3.63) is 65.2 Å². The van der Waals surface area contributed by atoms with Crippen molar-refractivity contribution >= 4 is 32.6 Å². The number of ether oxygens (including phenoxy) is 1. The van der Waals surface area contributed by atoms with Crippen molar-refractivity contribution in [3.8, 4) is 6.07 Å². The van der Waals surface area contributed by atoms with Crippen LogP contribution in [0.3, 0.4) is 0 Å². The Morgan fingerprint density at radius 3 is 2.69 bits per heavy atom. The molecular weight excluding hydrogens is 472 g/mol. The number of hydrogen-bond acceptors (Lipinski definition) is 8. The second-order valence-electron chi connectivity index (χ2n) is 8.37. The first-order chi connectivity index (χ1) is 16.6. The number of nitrogens with one attached hydrogen (secondary N) is 1. The van der Waals surface area contributed by atoms with Crippen LogP contribution in [0.1, 0.15) is 23.4 Å². The third kappa shape index (κ3) is 4.77. The number of rotatable bonds is 6. The number of aliphatic hydroxyl groups excluding tert-OH is 2. The van der Waals surface area contributed by atoms with E-state index in [2.05, 4.69) is 9.97 Å². The molecule has 11 heteroatoms. The number of para-hydroxylation sites is 2. The average molecular weight is 497 g/mol. The molecule has 0 bridgehead atoms. The van der Waals surface area contributed by atoms with Gasteiger partial charge < -0.3 is 19.9 Å². The summed E-state index contributed by atoms with van der Waals surface area (Å²) < 4.78 is 32.5. The number of H-pyrrole nitrogens is 1. The molecule has 2 atom stereocenters. The normalized spacial score (nSPS) is 19.4. The first-order valence-corrected chi connectivity index (χ1v) is 12.3. The maximum Gasteiger partial charge on any atom is 0.325 e. The van der Waals surface area contributed by atoms with Crippen LogP contribution in [0.2, 0.25) is 0 Å². The second kappa shape index (κ2) is 9.50. The van der Waals surface area contributed by atoms with Crippen molar-refractivity contribution < 1.29 is 28.2 Å². The van der Waals surface area contributed by atoms with E-state index in [9.17, 15) is 28.7 Å². The Morgan fingerprint density at radius 1 is 1.26 bits per heavy atom. The molecule has 10 nitrogen and oxygen atoms in total. The number of fused-ring (bicyclic) bond motifs is 1. The first kappa shape index (κ1) is 24.4. The van der Waals surface area contributed by atoms with Gasteiger partial charge in [0.1, 0.15) is 24.3 Å². The molecule has 0 radical (unpaired) electrons. The van der Waals surface area contributed by atoms with Gasteiger partial charge in [0.15, 0.2) is 11.6 Å². The van der Waals surface area contributed by atoms with Crippen LogP contribution in [0.15, 0.2) is 53.1 Å². The highest BCUT2D eigenvalue weighted by atomic mass is 32.2. The molecule has 3 N–H and O–H groups in total. The highest BCUT2D eigenvalue weighted by Crippen LogP contribution is 2.28. The van der Waals surface area contributed by atoms with Gasteiger partial charge in [-0.2, -0.15) is 9.57 Å². The lowest BCUT2D eigenvalue weighted by Gasteiger charge is -2.23. The van der Waals surface area contributed by atoms with Crippen LogP contribution in [0, 0.1) is 25.2 Å². The van der Waals surface area contributed by atoms with Crippen molar-refractivity contribution in [2.75, 3.05) is 13.2 Å². The van der Waals surface area contributed by atoms with E-state index < -0.39 is 40.5 Å². The molecule has 0 amide bonds. The standard InChI is InChI=1S/C24H24N4O6S/c1-14-7-8-17(9-15(14)2)35(32,33)28-12-16(29)10-21(28)24(31)34-13-22(30)18(11-25)23-26-19-5-3-4-6-20(19)27-23/h3-9,16,21,29-30H,10,12-13H2,1-2H3,(H,26,27)/t16-,21-/m0/s1. The third-order valence-corrected chi connectivity index (χ3v) is 7.84.